The molecule has 0 saturated heterocycles. The highest BCUT2D eigenvalue weighted by Crippen LogP contribution is 1.93. The van der Waals surface area contributed by atoms with Gasteiger partial charge in [-0.1, -0.05) is 19.0 Å². The number of carbonyl (C=O) groups excluding carboxylic acids is 1. The van der Waals surface area contributed by atoms with Crippen molar-refractivity contribution in [3.63, 3.8) is 0 Å². The average molecular weight is 197 g/mol. The van der Waals surface area contributed by atoms with Gasteiger partial charge in [-0.15, -0.1) is 0 Å². The van der Waals surface area contributed by atoms with Gasteiger partial charge >= 0.3 is 0 Å². The Kier molecular flexibility index (Phi) is 4.12. The zero-order valence-electron chi connectivity index (χ0n) is 8.49. The van der Waals surface area contributed by atoms with E-state index in [1.165, 1.54) is 12.3 Å². The first-order valence-corrected chi connectivity index (χ1v) is 4.68. The molecule has 0 radical (unpaired) electrons. The molecule has 0 aromatic carbocycles. The molecule has 0 aliphatic carbocycles. The van der Waals surface area contributed by atoms with Crippen LogP contribution in [0.1, 0.15) is 24.3 Å². The van der Waals surface area contributed by atoms with Crippen LogP contribution in [0.5, 0.6) is 0 Å². The molecule has 1 rings (SSSR count). The molecule has 0 atom stereocenters. The van der Waals surface area contributed by atoms with E-state index in [0.717, 1.165) is 13.1 Å². The first-order chi connectivity index (χ1) is 6.77. The van der Waals surface area contributed by atoms with Crippen molar-refractivity contribution in [1.29, 1.82) is 0 Å². The molecule has 0 unspecified atom stereocenters. The van der Waals surface area contributed by atoms with Crippen LogP contribution in [-0.4, -0.2) is 35.7 Å². The summed E-state index contributed by atoms with van der Waals surface area (Å²) in [6, 6.07) is 1.54. The summed E-state index contributed by atoms with van der Waals surface area (Å²) in [6.07, 6.45) is 1.38. The molecular weight excluding hydrogens is 182 g/mol. The van der Waals surface area contributed by atoms with Gasteiger partial charge < -0.3 is 9.84 Å². The van der Waals surface area contributed by atoms with Crippen LogP contribution < -0.4 is 5.32 Å². The lowest BCUT2D eigenvalue weighted by atomic mass is 10.4. The quantitative estimate of drug-likeness (QED) is 0.706. The molecule has 5 nitrogen and oxygen atoms in total. The number of hydrogen-bond acceptors (Lipinski definition) is 4. The van der Waals surface area contributed by atoms with E-state index in [-0.39, 0.29) is 5.91 Å². The van der Waals surface area contributed by atoms with Gasteiger partial charge in [0.05, 0.1) is 6.67 Å². The van der Waals surface area contributed by atoms with Crippen LogP contribution in [0.15, 0.2) is 16.9 Å². The Morgan fingerprint density at radius 3 is 2.79 bits per heavy atom. The van der Waals surface area contributed by atoms with E-state index in [0.29, 0.717) is 12.4 Å². The molecule has 0 aliphatic heterocycles. The van der Waals surface area contributed by atoms with Crippen LogP contribution in [0.2, 0.25) is 0 Å². The lowest BCUT2D eigenvalue weighted by Gasteiger charge is -2.17. The number of carbonyl (C=O) groups is 1. The summed E-state index contributed by atoms with van der Waals surface area (Å²) in [5, 5.41) is 6.29. The van der Waals surface area contributed by atoms with E-state index in [4.69, 9.17) is 0 Å². The Hall–Kier alpha value is -1.36. The lowest BCUT2D eigenvalue weighted by Crippen LogP contribution is -2.37. The fourth-order valence-electron chi connectivity index (χ4n) is 1.05. The van der Waals surface area contributed by atoms with Crippen LogP contribution in [-0.2, 0) is 0 Å². The number of aromatic nitrogens is 1. The third-order valence-electron chi connectivity index (χ3n) is 2.03. The summed E-state index contributed by atoms with van der Waals surface area (Å²) < 4.78 is 4.57. The van der Waals surface area contributed by atoms with Gasteiger partial charge in [-0.3, -0.25) is 9.69 Å². The minimum atomic E-state index is -0.203. The van der Waals surface area contributed by atoms with E-state index in [1.54, 1.807) is 0 Å². The van der Waals surface area contributed by atoms with E-state index in [9.17, 15) is 4.79 Å². The Bertz CT molecular complexity index is 268. The van der Waals surface area contributed by atoms with Crippen LogP contribution in [0.3, 0.4) is 0 Å². The van der Waals surface area contributed by atoms with Crippen LogP contribution in [0.25, 0.3) is 0 Å². The highest BCUT2D eigenvalue weighted by atomic mass is 16.5. The molecule has 0 saturated carbocycles. The van der Waals surface area contributed by atoms with Gasteiger partial charge in [-0.25, -0.2) is 0 Å². The second-order valence-electron chi connectivity index (χ2n) is 2.85. The Balaban J connectivity index is 2.35. The molecule has 1 amide bonds. The smallest absolute Gasteiger partial charge is 0.274 e. The molecule has 0 fully saturated rings. The number of amides is 1. The maximum atomic E-state index is 11.4. The summed E-state index contributed by atoms with van der Waals surface area (Å²) in [7, 11) is 0. The van der Waals surface area contributed by atoms with Gasteiger partial charge in [0.1, 0.15) is 6.26 Å². The second kappa shape index (κ2) is 5.39. The Morgan fingerprint density at radius 1 is 1.57 bits per heavy atom. The molecule has 0 spiro atoms. The zero-order valence-corrected chi connectivity index (χ0v) is 8.49. The third kappa shape index (κ3) is 2.85. The monoisotopic (exact) mass is 197 g/mol. The first kappa shape index (κ1) is 10.7. The molecule has 1 N–H and O–H groups in total. The Morgan fingerprint density at radius 2 is 2.29 bits per heavy atom. The third-order valence-corrected chi connectivity index (χ3v) is 2.03. The van der Waals surface area contributed by atoms with Crippen molar-refractivity contribution < 1.29 is 9.32 Å². The van der Waals surface area contributed by atoms with Crippen molar-refractivity contribution >= 4 is 5.91 Å². The predicted molar refractivity (Wildman–Crippen MR) is 51.8 cm³/mol. The molecule has 0 aliphatic rings. The van der Waals surface area contributed by atoms with Crippen LogP contribution in [0.4, 0.5) is 0 Å². The summed E-state index contributed by atoms with van der Waals surface area (Å²) in [5.41, 5.74) is 0.317. The van der Waals surface area contributed by atoms with Crippen molar-refractivity contribution in [3.8, 4) is 0 Å². The number of rotatable bonds is 5. The van der Waals surface area contributed by atoms with Gasteiger partial charge in [0.2, 0.25) is 0 Å². The van der Waals surface area contributed by atoms with E-state index in [2.05, 4.69) is 19.9 Å². The molecule has 5 heteroatoms. The van der Waals surface area contributed by atoms with Crippen LogP contribution >= 0.6 is 0 Å². The zero-order chi connectivity index (χ0) is 10.4. The van der Waals surface area contributed by atoms with Gasteiger partial charge in [0.25, 0.3) is 5.91 Å². The minimum Gasteiger partial charge on any atom is -0.364 e. The van der Waals surface area contributed by atoms with Crippen molar-refractivity contribution in [2.24, 2.45) is 0 Å². The topological polar surface area (TPSA) is 58.4 Å². The predicted octanol–water partition coefficient (Wildman–Crippen LogP) is 0.704. The molecule has 14 heavy (non-hydrogen) atoms. The fraction of sp³-hybridized carbons (Fsp3) is 0.556. The maximum Gasteiger partial charge on any atom is 0.274 e. The Labute approximate surface area is 83.1 Å². The standard InChI is InChI=1S/C9H15N3O2/c1-3-12(4-2)7-10-9(13)8-5-6-14-11-8/h5-6H,3-4,7H2,1-2H3,(H,10,13). The van der Waals surface area contributed by atoms with Crippen LogP contribution in [0, 0.1) is 0 Å². The SMILES string of the molecule is CCN(CC)CNC(=O)c1ccon1. The summed E-state index contributed by atoms with van der Waals surface area (Å²) >= 11 is 0. The molecule has 78 valence electrons. The number of nitrogens with zero attached hydrogens (tertiary/aromatic N) is 2. The first-order valence-electron chi connectivity index (χ1n) is 4.68. The van der Waals surface area contributed by atoms with Crippen molar-refractivity contribution in [1.82, 2.24) is 15.4 Å². The average Bonchev–Trinajstić information content (AvgIpc) is 2.72. The van der Waals surface area contributed by atoms with Gasteiger partial charge in [-0.05, 0) is 13.1 Å². The second-order valence-corrected chi connectivity index (χ2v) is 2.85. The highest BCUT2D eigenvalue weighted by Gasteiger charge is 2.08. The van der Waals surface area contributed by atoms with Crippen molar-refractivity contribution in [2.45, 2.75) is 13.8 Å². The number of hydrogen-bond donors (Lipinski definition) is 1. The molecule has 1 aromatic rings. The van der Waals surface area contributed by atoms with E-state index < -0.39 is 0 Å². The largest absolute Gasteiger partial charge is 0.364 e. The van der Waals surface area contributed by atoms with E-state index >= 15 is 0 Å². The highest BCUT2D eigenvalue weighted by molar-refractivity contribution is 5.91. The lowest BCUT2D eigenvalue weighted by molar-refractivity contribution is 0.0917. The molecule has 1 heterocycles. The van der Waals surface area contributed by atoms with Crippen molar-refractivity contribution in [3.05, 3.63) is 18.0 Å². The maximum absolute atomic E-state index is 11.4. The molecule has 0 bridgehead atoms. The van der Waals surface area contributed by atoms with Crippen molar-refractivity contribution in [2.75, 3.05) is 19.8 Å². The minimum absolute atomic E-state index is 0.203. The summed E-state index contributed by atoms with van der Waals surface area (Å²) in [5.74, 6) is -0.203. The molecular formula is C9H15N3O2. The normalized spacial score (nSPS) is 10.5. The van der Waals surface area contributed by atoms with E-state index in [1.807, 2.05) is 13.8 Å². The number of nitrogens with one attached hydrogen (secondary N) is 1. The fourth-order valence-corrected chi connectivity index (χ4v) is 1.05. The summed E-state index contributed by atoms with van der Waals surface area (Å²) in [6.45, 7) is 6.46. The van der Waals surface area contributed by atoms with Gasteiger partial charge in [-0.2, -0.15) is 0 Å². The summed E-state index contributed by atoms with van der Waals surface area (Å²) in [4.78, 5) is 13.5. The molecule has 1 aromatic heterocycles. The van der Waals surface area contributed by atoms with Gasteiger partial charge in [0.15, 0.2) is 5.69 Å². The van der Waals surface area contributed by atoms with Gasteiger partial charge in [0, 0.05) is 6.07 Å².